The van der Waals surface area contributed by atoms with Gasteiger partial charge < -0.3 is 15.5 Å². The third kappa shape index (κ3) is 7.11. The van der Waals surface area contributed by atoms with Crippen LogP contribution in [-0.2, 0) is 4.79 Å². The summed E-state index contributed by atoms with van der Waals surface area (Å²) in [6.07, 6.45) is 6.00. The standard InChI is InChI=1S/C21H27N5O2.ClH/c27-20-15-19(17-7-2-1-3-8-17)22-10-4-5-13-26(14-6-11-23-20)21(28)18-9-12-24-25-16-18;/h1-3,7-9,12,16,19,22H,4-6,10-11,13-15H2,(H,23,27);1H. The number of hydrogen-bond acceptors (Lipinski definition) is 5. The van der Waals surface area contributed by atoms with E-state index < -0.39 is 0 Å². The van der Waals surface area contributed by atoms with Gasteiger partial charge in [-0.15, -0.1) is 12.4 Å². The molecule has 1 aliphatic rings. The van der Waals surface area contributed by atoms with Crippen LogP contribution in [0.25, 0.3) is 0 Å². The molecule has 3 rings (SSSR count). The van der Waals surface area contributed by atoms with Crippen molar-refractivity contribution in [2.45, 2.75) is 31.7 Å². The summed E-state index contributed by atoms with van der Waals surface area (Å²) in [5, 5.41) is 14.0. The van der Waals surface area contributed by atoms with Gasteiger partial charge in [0.25, 0.3) is 5.91 Å². The smallest absolute Gasteiger partial charge is 0.255 e. The Morgan fingerprint density at radius 1 is 1.00 bits per heavy atom. The maximum absolute atomic E-state index is 12.7. The van der Waals surface area contributed by atoms with Gasteiger partial charge in [-0.2, -0.15) is 10.2 Å². The summed E-state index contributed by atoms with van der Waals surface area (Å²) in [6.45, 7) is 2.65. The largest absolute Gasteiger partial charge is 0.356 e. The number of halogens is 1. The van der Waals surface area contributed by atoms with Crippen LogP contribution in [0.1, 0.15) is 47.6 Å². The molecule has 7 nitrogen and oxygen atoms in total. The van der Waals surface area contributed by atoms with Crippen molar-refractivity contribution in [1.82, 2.24) is 25.7 Å². The maximum atomic E-state index is 12.7. The number of carbonyl (C=O) groups is 2. The van der Waals surface area contributed by atoms with E-state index in [2.05, 4.69) is 20.8 Å². The minimum absolute atomic E-state index is 0. The van der Waals surface area contributed by atoms with Crippen LogP contribution in [-0.4, -0.2) is 53.1 Å². The van der Waals surface area contributed by atoms with Gasteiger partial charge >= 0.3 is 0 Å². The third-order valence-electron chi connectivity index (χ3n) is 4.88. The summed E-state index contributed by atoms with van der Waals surface area (Å²) in [4.78, 5) is 26.9. The lowest BCUT2D eigenvalue weighted by molar-refractivity contribution is -0.121. The van der Waals surface area contributed by atoms with Crippen LogP contribution < -0.4 is 10.6 Å². The van der Waals surface area contributed by atoms with Crippen molar-refractivity contribution in [3.8, 4) is 0 Å². The number of carbonyl (C=O) groups excluding carboxylic acids is 2. The number of rotatable bonds is 2. The molecule has 2 aromatic rings. The van der Waals surface area contributed by atoms with E-state index in [0.717, 1.165) is 31.4 Å². The van der Waals surface area contributed by atoms with Crippen LogP contribution in [0.4, 0.5) is 0 Å². The average Bonchev–Trinajstić information content (AvgIpc) is 2.76. The van der Waals surface area contributed by atoms with Crippen LogP contribution in [0.5, 0.6) is 0 Å². The molecule has 1 atom stereocenters. The van der Waals surface area contributed by atoms with E-state index >= 15 is 0 Å². The molecule has 0 aliphatic carbocycles. The zero-order chi connectivity index (χ0) is 19.6. The summed E-state index contributed by atoms with van der Waals surface area (Å²) in [7, 11) is 0. The van der Waals surface area contributed by atoms with Crippen molar-refractivity contribution in [2.24, 2.45) is 0 Å². The Morgan fingerprint density at radius 2 is 1.79 bits per heavy atom. The predicted octanol–water partition coefficient (Wildman–Crippen LogP) is 2.36. The predicted molar refractivity (Wildman–Crippen MR) is 114 cm³/mol. The molecular formula is C21H28ClN5O2. The van der Waals surface area contributed by atoms with E-state index in [-0.39, 0.29) is 30.3 Å². The maximum Gasteiger partial charge on any atom is 0.255 e. The Morgan fingerprint density at radius 3 is 2.55 bits per heavy atom. The lowest BCUT2D eigenvalue weighted by Gasteiger charge is -2.22. The Kier molecular flexibility index (Phi) is 9.53. The average molecular weight is 418 g/mol. The van der Waals surface area contributed by atoms with E-state index in [1.54, 1.807) is 6.07 Å². The van der Waals surface area contributed by atoms with Gasteiger partial charge in [0.1, 0.15) is 0 Å². The zero-order valence-corrected chi connectivity index (χ0v) is 17.2. The van der Waals surface area contributed by atoms with Crippen molar-refractivity contribution < 1.29 is 9.59 Å². The third-order valence-corrected chi connectivity index (χ3v) is 4.88. The van der Waals surface area contributed by atoms with Crippen LogP contribution in [0.3, 0.4) is 0 Å². The molecule has 1 aromatic heterocycles. The van der Waals surface area contributed by atoms with E-state index in [0.29, 0.717) is 31.6 Å². The van der Waals surface area contributed by atoms with Crippen molar-refractivity contribution in [2.75, 3.05) is 26.2 Å². The van der Waals surface area contributed by atoms with Gasteiger partial charge in [-0.1, -0.05) is 30.3 Å². The van der Waals surface area contributed by atoms with E-state index in [1.165, 1.54) is 12.4 Å². The zero-order valence-electron chi connectivity index (χ0n) is 16.4. The number of benzene rings is 1. The van der Waals surface area contributed by atoms with Crippen molar-refractivity contribution in [3.63, 3.8) is 0 Å². The van der Waals surface area contributed by atoms with Gasteiger partial charge in [0.15, 0.2) is 0 Å². The van der Waals surface area contributed by atoms with Crippen LogP contribution in [0.2, 0.25) is 0 Å². The van der Waals surface area contributed by atoms with Gasteiger partial charge in [-0.3, -0.25) is 9.59 Å². The second-order valence-corrected chi connectivity index (χ2v) is 6.96. The molecule has 2 heterocycles. The highest BCUT2D eigenvalue weighted by atomic mass is 35.5. The number of nitrogens with zero attached hydrogens (tertiary/aromatic N) is 3. The fraction of sp³-hybridized carbons (Fsp3) is 0.429. The molecular weight excluding hydrogens is 390 g/mol. The molecule has 1 aliphatic heterocycles. The van der Waals surface area contributed by atoms with E-state index in [4.69, 9.17) is 0 Å². The number of nitrogens with one attached hydrogen (secondary N) is 2. The molecule has 1 unspecified atom stereocenters. The first-order valence-electron chi connectivity index (χ1n) is 9.85. The van der Waals surface area contributed by atoms with Gasteiger partial charge in [0.2, 0.25) is 5.91 Å². The molecule has 0 spiro atoms. The van der Waals surface area contributed by atoms with Crippen molar-refractivity contribution in [1.29, 1.82) is 0 Å². The van der Waals surface area contributed by atoms with Gasteiger partial charge in [-0.05, 0) is 37.4 Å². The first-order chi connectivity index (χ1) is 13.7. The molecule has 1 aromatic carbocycles. The molecule has 156 valence electrons. The highest BCUT2D eigenvalue weighted by Gasteiger charge is 2.18. The topological polar surface area (TPSA) is 87.2 Å². The lowest BCUT2D eigenvalue weighted by atomic mass is 10.0. The second kappa shape index (κ2) is 12.1. The number of aromatic nitrogens is 2. The van der Waals surface area contributed by atoms with Gasteiger partial charge in [-0.25, -0.2) is 0 Å². The molecule has 0 saturated carbocycles. The summed E-state index contributed by atoms with van der Waals surface area (Å²) >= 11 is 0. The highest BCUT2D eigenvalue weighted by Crippen LogP contribution is 2.17. The SMILES string of the molecule is Cl.O=C1CC(c2ccccc2)NCCCCN(C(=O)c2ccnnc2)CCCN1. The molecule has 8 heteroatoms. The van der Waals surface area contributed by atoms with Gasteiger partial charge in [0.05, 0.1) is 18.0 Å². The Hall–Kier alpha value is -2.51. The summed E-state index contributed by atoms with van der Waals surface area (Å²) < 4.78 is 0. The Balaban J connectivity index is 0.00000300. The summed E-state index contributed by atoms with van der Waals surface area (Å²) in [5.41, 5.74) is 1.67. The molecule has 29 heavy (non-hydrogen) atoms. The normalized spacial score (nSPS) is 19.0. The second-order valence-electron chi connectivity index (χ2n) is 6.96. The fourth-order valence-electron chi connectivity index (χ4n) is 3.37. The first-order valence-corrected chi connectivity index (χ1v) is 9.85. The molecule has 2 N–H and O–H groups in total. The minimum Gasteiger partial charge on any atom is -0.356 e. The monoisotopic (exact) mass is 417 g/mol. The number of hydrogen-bond donors (Lipinski definition) is 2. The lowest BCUT2D eigenvalue weighted by Crippen LogP contribution is -2.35. The van der Waals surface area contributed by atoms with Crippen molar-refractivity contribution >= 4 is 24.2 Å². The van der Waals surface area contributed by atoms with Gasteiger partial charge in [0, 0.05) is 32.1 Å². The number of amides is 2. The minimum atomic E-state index is -0.0359. The highest BCUT2D eigenvalue weighted by molar-refractivity contribution is 5.93. The van der Waals surface area contributed by atoms with Crippen LogP contribution in [0.15, 0.2) is 48.8 Å². The molecule has 1 saturated heterocycles. The Labute approximate surface area is 177 Å². The van der Waals surface area contributed by atoms with Crippen LogP contribution >= 0.6 is 12.4 Å². The summed E-state index contributed by atoms with van der Waals surface area (Å²) in [6, 6.07) is 11.7. The Bertz CT molecular complexity index is 760. The van der Waals surface area contributed by atoms with E-state index in [9.17, 15) is 9.59 Å². The molecule has 0 radical (unpaired) electrons. The molecule has 2 amide bonds. The first kappa shape index (κ1) is 22.8. The van der Waals surface area contributed by atoms with E-state index in [1.807, 2.05) is 35.2 Å². The van der Waals surface area contributed by atoms with Crippen molar-refractivity contribution in [3.05, 3.63) is 59.9 Å². The molecule has 1 fully saturated rings. The fourth-order valence-corrected chi connectivity index (χ4v) is 3.37. The quantitative estimate of drug-likeness (QED) is 0.783. The molecule has 0 bridgehead atoms. The van der Waals surface area contributed by atoms with Crippen LogP contribution in [0, 0.1) is 0 Å². The summed E-state index contributed by atoms with van der Waals surface area (Å²) in [5.74, 6) is -0.0111.